The molecule has 8 nitrogen and oxygen atoms in total. The number of aromatic nitrogens is 5. The number of halogens is 6. The first kappa shape index (κ1) is 26.5. The van der Waals surface area contributed by atoms with Crippen LogP contribution in [0.3, 0.4) is 0 Å². The van der Waals surface area contributed by atoms with Gasteiger partial charge in [-0.15, -0.1) is 5.10 Å². The van der Waals surface area contributed by atoms with Crippen LogP contribution >= 0.6 is 11.6 Å². The van der Waals surface area contributed by atoms with Gasteiger partial charge in [-0.2, -0.15) is 13.2 Å². The molecule has 2 atom stereocenters. The van der Waals surface area contributed by atoms with E-state index in [1.54, 1.807) is 0 Å². The number of rotatable bonds is 7. The van der Waals surface area contributed by atoms with Gasteiger partial charge < -0.3 is 10.2 Å². The molecule has 2 heterocycles. The Bertz CT molecular complexity index is 1480. The zero-order chi connectivity index (χ0) is 27.1. The summed E-state index contributed by atoms with van der Waals surface area (Å²) in [6.45, 7) is -0.151. The summed E-state index contributed by atoms with van der Waals surface area (Å²) in [5.41, 5.74) is -0.856. The van der Waals surface area contributed by atoms with E-state index in [2.05, 4.69) is 10.1 Å². The van der Waals surface area contributed by atoms with Gasteiger partial charge in [0, 0.05) is 17.3 Å². The lowest BCUT2D eigenvalue weighted by molar-refractivity contribution is -0.207. The molecule has 0 aliphatic heterocycles. The van der Waals surface area contributed by atoms with E-state index in [9.17, 15) is 37.0 Å². The minimum atomic E-state index is -4.97. The highest BCUT2D eigenvalue weighted by molar-refractivity contribution is 6.30. The summed E-state index contributed by atoms with van der Waals surface area (Å²) < 4.78 is 69.9. The Kier molecular flexibility index (Phi) is 7.22. The number of alkyl halides is 3. The monoisotopic (exact) mass is 543 g/mol. The molecule has 196 valence electrons. The van der Waals surface area contributed by atoms with Crippen molar-refractivity contribution in [2.75, 3.05) is 0 Å². The van der Waals surface area contributed by atoms with E-state index in [-0.39, 0.29) is 23.0 Å². The standard InChI is InChI=1S/C23H19ClF5N5O3/c1-12(35)21-30-20(31-34(21)17-8-15(25)6-7-16(17)26)11-32-9-18(13-2-4-14(24)5-3-13)33(22(32)37)10-19(36)23(27,28)29/h2-9,12,19,35-36H,10-11H2,1H3/t12-,19-/m0/s1. The Hall–Kier alpha value is -3.55. The van der Waals surface area contributed by atoms with E-state index in [0.717, 1.165) is 32.0 Å². The summed E-state index contributed by atoms with van der Waals surface area (Å²) >= 11 is 5.89. The van der Waals surface area contributed by atoms with Crippen LogP contribution in [0.4, 0.5) is 22.0 Å². The summed E-state index contributed by atoms with van der Waals surface area (Å²) in [5, 5.41) is 24.2. The van der Waals surface area contributed by atoms with Crippen molar-refractivity contribution in [3.8, 4) is 16.9 Å². The van der Waals surface area contributed by atoms with Crippen molar-refractivity contribution in [1.82, 2.24) is 23.9 Å². The van der Waals surface area contributed by atoms with Gasteiger partial charge in [0.1, 0.15) is 23.4 Å². The first-order chi connectivity index (χ1) is 17.3. The maximum atomic E-state index is 14.4. The predicted molar refractivity (Wildman–Crippen MR) is 122 cm³/mol. The first-order valence-corrected chi connectivity index (χ1v) is 11.1. The second kappa shape index (κ2) is 10.1. The SMILES string of the molecule is C[C@H](O)c1nc(Cn2cc(-c3ccc(Cl)cc3)n(C[C@H](O)C(F)(F)F)c2=O)nn1-c1cc(F)ccc1F. The lowest BCUT2D eigenvalue weighted by Crippen LogP contribution is -2.37. The zero-order valence-electron chi connectivity index (χ0n) is 19.0. The van der Waals surface area contributed by atoms with Crippen molar-refractivity contribution >= 4 is 11.6 Å². The highest BCUT2D eigenvalue weighted by Crippen LogP contribution is 2.26. The second-order valence-electron chi connectivity index (χ2n) is 8.17. The average Bonchev–Trinajstić information content (AvgIpc) is 3.38. The van der Waals surface area contributed by atoms with Crippen molar-refractivity contribution in [3.05, 3.63) is 87.5 Å². The lowest BCUT2D eigenvalue weighted by atomic mass is 10.1. The van der Waals surface area contributed by atoms with Gasteiger partial charge in [-0.1, -0.05) is 23.7 Å². The molecule has 0 unspecified atom stereocenters. The molecule has 0 saturated heterocycles. The van der Waals surface area contributed by atoms with Gasteiger partial charge in [-0.25, -0.2) is 23.2 Å². The molecule has 0 amide bonds. The van der Waals surface area contributed by atoms with E-state index in [1.807, 2.05) is 0 Å². The topological polar surface area (TPSA) is 98.1 Å². The fraction of sp³-hybridized carbons (Fsp3) is 0.261. The molecule has 0 spiro atoms. The van der Waals surface area contributed by atoms with Crippen LogP contribution in [0.15, 0.2) is 53.5 Å². The maximum absolute atomic E-state index is 14.4. The maximum Gasteiger partial charge on any atom is 0.416 e. The normalized spacial score (nSPS) is 13.6. The van der Waals surface area contributed by atoms with Gasteiger partial charge in [-0.3, -0.25) is 9.13 Å². The molecule has 2 aromatic carbocycles. The largest absolute Gasteiger partial charge is 0.416 e. The summed E-state index contributed by atoms with van der Waals surface area (Å²) in [5.74, 6) is -1.89. The van der Waals surface area contributed by atoms with Gasteiger partial charge in [0.15, 0.2) is 17.8 Å². The van der Waals surface area contributed by atoms with Crippen molar-refractivity contribution in [1.29, 1.82) is 0 Å². The molecule has 14 heteroatoms. The smallest absolute Gasteiger partial charge is 0.385 e. The number of benzene rings is 2. The molecule has 0 aliphatic carbocycles. The van der Waals surface area contributed by atoms with Crippen LogP contribution in [0.1, 0.15) is 24.7 Å². The third kappa shape index (κ3) is 5.58. The molecule has 4 rings (SSSR count). The Morgan fingerprint density at radius 1 is 1.08 bits per heavy atom. The fourth-order valence-corrected chi connectivity index (χ4v) is 3.76. The van der Waals surface area contributed by atoms with Crippen LogP contribution in [0.25, 0.3) is 16.9 Å². The van der Waals surface area contributed by atoms with Crippen LogP contribution in [-0.4, -0.2) is 46.4 Å². The molecule has 2 N–H and O–H groups in total. The van der Waals surface area contributed by atoms with E-state index < -0.39 is 48.8 Å². The number of hydrogen-bond donors (Lipinski definition) is 2. The quantitative estimate of drug-likeness (QED) is 0.345. The Labute approximate surface area is 210 Å². The minimum Gasteiger partial charge on any atom is -0.385 e. The van der Waals surface area contributed by atoms with Crippen molar-refractivity contribution < 1.29 is 32.2 Å². The molecule has 37 heavy (non-hydrogen) atoms. The average molecular weight is 544 g/mol. The molecular formula is C23H19ClF5N5O3. The molecule has 4 aromatic rings. The van der Waals surface area contributed by atoms with Crippen LogP contribution in [0.2, 0.25) is 5.02 Å². The zero-order valence-corrected chi connectivity index (χ0v) is 19.8. The summed E-state index contributed by atoms with van der Waals surface area (Å²) in [7, 11) is 0. The Morgan fingerprint density at radius 3 is 2.38 bits per heavy atom. The minimum absolute atomic E-state index is 0.0522. The highest BCUT2D eigenvalue weighted by atomic mass is 35.5. The molecule has 0 fully saturated rings. The van der Waals surface area contributed by atoms with Gasteiger partial charge in [0.05, 0.1) is 18.8 Å². The second-order valence-corrected chi connectivity index (χ2v) is 8.61. The summed E-state index contributed by atoms with van der Waals surface area (Å²) in [4.78, 5) is 17.2. The van der Waals surface area contributed by atoms with Gasteiger partial charge in [0.2, 0.25) is 0 Å². The molecule has 0 radical (unpaired) electrons. The van der Waals surface area contributed by atoms with Crippen LogP contribution in [0.5, 0.6) is 0 Å². The number of aliphatic hydroxyl groups is 2. The van der Waals surface area contributed by atoms with Crippen molar-refractivity contribution in [3.63, 3.8) is 0 Å². The third-order valence-electron chi connectivity index (χ3n) is 5.42. The van der Waals surface area contributed by atoms with Crippen LogP contribution < -0.4 is 5.69 Å². The Morgan fingerprint density at radius 2 is 1.76 bits per heavy atom. The summed E-state index contributed by atoms with van der Waals surface area (Å²) in [6.07, 6.45) is -7.81. The lowest BCUT2D eigenvalue weighted by Gasteiger charge is -2.16. The van der Waals surface area contributed by atoms with Crippen LogP contribution in [0, 0.1) is 11.6 Å². The molecule has 0 aliphatic rings. The predicted octanol–water partition coefficient (Wildman–Crippen LogP) is 3.85. The van der Waals surface area contributed by atoms with Gasteiger partial charge in [0.25, 0.3) is 0 Å². The van der Waals surface area contributed by atoms with E-state index in [1.165, 1.54) is 37.4 Å². The van der Waals surface area contributed by atoms with E-state index in [0.29, 0.717) is 10.6 Å². The Balaban J connectivity index is 1.79. The van der Waals surface area contributed by atoms with Gasteiger partial charge in [-0.05, 0) is 36.8 Å². The number of hydrogen-bond acceptors (Lipinski definition) is 5. The highest BCUT2D eigenvalue weighted by Gasteiger charge is 2.39. The van der Waals surface area contributed by atoms with Gasteiger partial charge >= 0.3 is 11.9 Å². The first-order valence-electron chi connectivity index (χ1n) is 10.7. The number of nitrogens with zero attached hydrogens (tertiary/aromatic N) is 5. The molecule has 0 saturated carbocycles. The van der Waals surface area contributed by atoms with E-state index >= 15 is 0 Å². The molecule has 2 aromatic heterocycles. The number of aliphatic hydroxyl groups excluding tert-OH is 2. The fourth-order valence-electron chi connectivity index (χ4n) is 3.63. The van der Waals surface area contributed by atoms with Crippen LogP contribution in [-0.2, 0) is 13.1 Å². The van der Waals surface area contributed by atoms with Crippen molar-refractivity contribution in [2.45, 2.75) is 38.4 Å². The molecular weight excluding hydrogens is 525 g/mol. The summed E-state index contributed by atoms with van der Waals surface area (Å²) in [6, 6.07) is 8.55. The third-order valence-corrected chi connectivity index (χ3v) is 5.67. The van der Waals surface area contributed by atoms with Crippen molar-refractivity contribution in [2.24, 2.45) is 0 Å². The molecule has 0 bridgehead atoms. The van der Waals surface area contributed by atoms with E-state index in [4.69, 9.17) is 11.6 Å². The number of imidazole rings is 1.